The van der Waals surface area contributed by atoms with E-state index < -0.39 is 23.1 Å². The first-order chi connectivity index (χ1) is 19.0. The molecule has 3 amide bonds. The number of carbonyl (C=O) groups excluding carboxylic acids is 2. The summed E-state index contributed by atoms with van der Waals surface area (Å²) >= 11 is 12.7. The van der Waals surface area contributed by atoms with Crippen LogP contribution < -0.4 is 5.32 Å². The van der Waals surface area contributed by atoms with Gasteiger partial charge in [0.05, 0.1) is 23.5 Å². The Morgan fingerprint density at radius 3 is 2.42 bits per heavy atom. The molecule has 8 nitrogen and oxygen atoms in total. The Labute approximate surface area is 243 Å². The number of aliphatic imine (C=N–C) groups is 1. The fraction of sp³-hybridized carbons (Fsp3) is 0.367. The van der Waals surface area contributed by atoms with Crippen LogP contribution in [0.5, 0.6) is 0 Å². The number of nitrogens with one attached hydrogen (secondary N) is 1. The second kappa shape index (κ2) is 9.36. The Balaban J connectivity index is 1.64. The van der Waals surface area contributed by atoms with Gasteiger partial charge in [0, 0.05) is 17.2 Å². The molecule has 1 fully saturated rings. The number of amidine groups is 1. The third-order valence-corrected chi connectivity index (χ3v) is 8.57. The molecule has 208 valence electrons. The smallest absolute Gasteiger partial charge is 0.330 e. The zero-order valence-electron chi connectivity index (χ0n) is 22.9. The lowest BCUT2D eigenvalue weighted by Gasteiger charge is -2.54. The Kier molecular flexibility index (Phi) is 6.29. The fourth-order valence-electron chi connectivity index (χ4n) is 6.19. The molecule has 0 saturated carbocycles. The van der Waals surface area contributed by atoms with Gasteiger partial charge in [-0.15, -0.1) is 0 Å². The van der Waals surface area contributed by atoms with Crippen molar-refractivity contribution in [1.82, 2.24) is 15.1 Å². The Morgan fingerprint density at radius 1 is 1.05 bits per heavy atom. The van der Waals surface area contributed by atoms with Crippen LogP contribution in [0.1, 0.15) is 50.9 Å². The van der Waals surface area contributed by atoms with Crippen molar-refractivity contribution in [3.8, 4) is 0 Å². The van der Waals surface area contributed by atoms with E-state index in [2.05, 4.69) is 5.32 Å². The molecule has 0 spiro atoms. The monoisotopic (exact) mass is 580 g/mol. The number of hydrogen-bond acceptors (Lipinski definition) is 5. The van der Waals surface area contributed by atoms with Crippen LogP contribution in [0.25, 0.3) is 0 Å². The van der Waals surface area contributed by atoms with E-state index in [1.54, 1.807) is 23.0 Å². The van der Waals surface area contributed by atoms with Crippen molar-refractivity contribution >= 4 is 41.0 Å². The number of fused-ring (bicyclic) bond motifs is 2. The number of benzene rings is 2. The van der Waals surface area contributed by atoms with Gasteiger partial charge in [-0.25, -0.2) is 4.79 Å². The number of carbonyl (C=O) groups is 2. The number of amides is 3. The zero-order chi connectivity index (χ0) is 28.6. The van der Waals surface area contributed by atoms with Gasteiger partial charge in [0.25, 0.3) is 0 Å². The summed E-state index contributed by atoms with van der Waals surface area (Å²) in [5.41, 5.74) is 0.798. The molecule has 0 bridgehead atoms. The molecule has 2 aromatic carbocycles. The molecule has 0 radical (unpaired) electrons. The summed E-state index contributed by atoms with van der Waals surface area (Å²) in [6, 6.07) is 13.6. The number of rotatable bonds is 5. The molecule has 1 saturated heterocycles. The van der Waals surface area contributed by atoms with Gasteiger partial charge in [-0.3, -0.25) is 19.6 Å². The Bertz CT molecular complexity index is 1520. The van der Waals surface area contributed by atoms with Crippen LogP contribution in [0.4, 0.5) is 4.79 Å². The van der Waals surface area contributed by atoms with Crippen molar-refractivity contribution in [2.24, 2.45) is 10.4 Å². The summed E-state index contributed by atoms with van der Waals surface area (Å²) in [4.78, 5) is 36.0. The van der Waals surface area contributed by atoms with E-state index in [0.717, 1.165) is 11.1 Å². The van der Waals surface area contributed by atoms with Crippen LogP contribution in [0, 0.1) is 5.41 Å². The molecule has 6 rings (SSSR count). The van der Waals surface area contributed by atoms with Crippen LogP contribution in [-0.4, -0.2) is 52.9 Å². The number of urea groups is 1. The first-order valence-electron chi connectivity index (χ1n) is 13.2. The number of nitrogens with zero attached hydrogens (tertiary/aromatic N) is 3. The van der Waals surface area contributed by atoms with Crippen molar-refractivity contribution in [1.29, 1.82) is 0 Å². The zero-order valence-corrected chi connectivity index (χ0v) is 24.4. The average Bonchev–Trinajstić information content (AvgIpc) is 3.32. The maximum atomic E-state index is 14.5. The molecule has 10 heteroatoms. The van der Waals surface area contributed by atoms with Gasteiger partial charge in [0.15, 0.2) is 0 Å². The predicted molar refractivity (Wildman–Crippen MR) is 153 cm³/mol. The molecule has 40 heavy (non-hydrogen) atoms. The summed E-state index contributed by atoms with van der Waals surface area (Å²) in [5, 5.41) is 4.16. The summed E-state index contributed by atoms with van der Waals surface area (Å²) in [6.45, 7) is 7.60. The van der Waals surface area contributed by atoms with Crippen molar-refractivity contribution in [2.75, 3.05) is 13.7 Å². The molecule has 4 atom stereocenters. The molecule has 2 aromatic rings. The summed E-state index contributed by atoms with van der Waals surface area (Å²) < 4.78 is 12.4. The lowest BCUT2D eigenvalue weighted by Crippen LogP contribution is -2.66. The lowest BCUT2D eigenvalue weighted by atomic mass is 9.71. The number of methoxy groups -OCH3 is 1. The van der Waals surface area contributed by atoms with E-state index in [1.807, 2.05) is 76.2 Å². The average molecular weight is 582 g/mol. The normalized spacial score (nSPS) is 29.2. The minimum Gasteiger partial charge on any atom is -0.494 e. The van der Waals surface area contributed by atoms with E-state index in [4.69, 9.17) is 37.7 Å². The summed E-state index contributed by atoms with van der Waals surface area (Å²) in [6.07, 6.45) is 1.72. The van der Waals surface area contributed by atoms with Gasteiger partial charge in [0.2, 0.25) is 5.91 Å². The molecule has 0 aromatic heterocycles. The Morgan fingerprint density at radius 2 is 1.77 bits per heavy atom. The largest absolute Gasteiger partial charge is 0.494 e. The van der Waals surface area contributed by atoms with E-state index in [9.17, 15) is 9.59 Å². The van der Waals surface area contributed by atoms with Crippen molar-refractivity contribution < 1.29 is 19.1 Å². The highest BCUT2D eigenvalue weighted by atomic mass is 35.5. The number of ether oxygens (including phenoxy) is 2. The van der Waals surface area contributed by atoms with E-state index in [0.29, 0.717) is 33.0 Å². The number of halogens is 2. The van der Waals surface area contributed by atoms with Gasteiger partial charge in [0.1, 0.15) is 35.2 Å². The van der Waals surface area contributed by atoms with E-state index in [1.165, 1.54) is 0 Å². The van der Waals surface area contributed by atoms with Gasteiger partial charge < -0.3 is 14.8 Å². The van der Waals surface area contributed by atoms with Crippen LogP contribution >= 0.6 is 23.2 Å². The SMILES string of the molecule is COC1(C)C=C(OC(C)C)C2(C)C3=N[C@@H](c4ccc(Cl)cc4)[C@@H](c4cccc(Cl)c4)N3C(=O)N3CC(=O)NC1=C32. The summed E-state index contributed by atoms with van der Waals surface area (Å²) in [7, 11) is 1.57. The van der Waals surface area contributed by atoms with E-state index in [-0.39, 0.29) is 24.6 Å². The van der Waals surface area contributed by atoms with Crippen molar-refractivity contribution in [3.05, 3.63) is 92.9 Å². The topological polar surface area (TPSA) is 83.5 Å². The van der Waals surface area contributed by atoms with Crippen LogP contribution in [0.15, 0.2) is 76.8 Å². The van der Waals surface area contributed by atoms with Crippen LogP contribution in [0.2, 0.25) is 10.0 Å². The molecular formula is C30H30Cl2N4O4. The van der Waals surface area contributed by atoms with Crippen LogP contribution in [0.3, 0.4) is 0 Å². The quantitative estimate of drug-likeness (QED) is 0.470. The van der Waals surface area contributed by atoms with Crippen molar-refractivity contribution in [2.45, 2.75) is 51.5 Å². The molecule has 3 heterocycles. The minimum atomic E-state index is -1.03. The highest BCUT2D eigenvalue weighted by Crippen LogP contribution is 2.57. The van der Waals surface area contributed by atoms with Gasteiger partial charge in [-0.1, -0.05) is 47.5 Å². The molecule has 2 unspecified atom stereocenters. The maximum Gasteiger partial charge on any atom is 0.330 e. The first-order valence-corrected chi connectivity index (χ1v) is 13.9. The van der Waals surface area contributed by atoms with Gasteiger partial charge in [-0.05, 0) is 69.2 Å². The summed E-state index contributed by atoms with van der Waals surface area (Å²) in [5.74, 6) is 0.837. The molecular weight excluding hydrogens is 551 g/mol. The second-order valence-corrected chi connectivity index (χ2v) is 11.9. The van der Waals surface area contributed by atoms with E-state index >= 15 is 0 Å². The standard InChI is InChI=1S/C30H30Cl2N4O4/c1-16(2)40-21-14-29(3,39-5)25-26-30(21,4)27-34-23(17-9-11-19(31)12-10-17)24(18-7-6-8-20(32)13-18)36(27)28(38)35(26)15-22(37)33-25/h6-14,16,23-24H,15H2,1-5H3,(H,33,37)/t23-,24+,29?,30?/m0/s1. The maximum absolute atomic E-state index is 14.5. The predicted octanol–water partition coefficient (Wildman–Crippen LogP) is 6.00. The molecule has 3 aliphatic heterocycles. The van der Waals surface area contributed by atoms with Gasteiger partial charge in [-0.2, -0.15) is 0 Å². The second-order valence-electron chi connectivity index (χ2n) is 11.1. The van der Waals surface area contributed by atoms with Crippen molar-refractivity contribution in [3.63, 3.8) is 0 Å². The highest BCUT2D eigenvalue weighted by Gasteiger charge is 2.63. The third-order valence-electron chi connectivity index (χ3n) is 8.08. The van der Waals surface area contributed by atoms with Crippen LogP contribution in [-0.2, 0) is 14.3 Å². The third kappa shape index (κ3) is 3.88. The molecule has 4 aliphatic rings. The van der Waals surface area contributed by atoms with Gasteiger partial charge >= 0.3 is 6.03 Å². The lowest BCUT2D eigenvalue weighted by molar-refractivity contribution is -0.123. The first kappa shape index (κ1) is 26.9. The highest BCUT2D eigenvalue weighted by molar-refractivity contribution is 6.31. The minimum absolute atomic E-state index is 0.139. The molecule has 1 N–H and O–H groups in total. The number of hydrogen-bond donors (Lipinski definition) is 1. The molecule has 1 aliphatic carbocycles. The fourth-order valence-corrected chi connectivity index (χ4v) is 6.51. The Hall–Kier alpha value is -3.33.